The second-order valence-corrected chi connectivity index (χ2v) is 6.92. The molecule has 1 saturated heterocycles. The number of carbonyl (C=O) groups excluding carboxylic acids is 1. The molecule has 2 aromatic rings. The van der Waals surface area contributed by atoms with E-state index >= 15 is 0 Å². The third kappa shape index (κ3) is 3.03. The third-order valence-corrected chi connectivity index (χ3v) is 5.05. The van der Waals surface area contributed by atoms with Crippen LogP contribution >= 0.6 is 0 Å². The maximum Gasteiger partial charge on any atom is 0.227 e. The number of carbonyl (C=O) groups is 1. The molecule has 1 aromatic carbocycles. The lowest BCUT2D eigenvalue weighted by Crippen LogP contribution is -2.43. The molecule has 0 unspecified atom stereocenters. The van der Waals surface area contributed by atoms with E-state index < -0.39 is 5.60 Å². The second-order valence-electron chi connectivity index (χ2n) is 6.92. The van der Waals surface area contributed by atoms with Crippen LogP contribution in [0, 0.1) is 11.8 Å². The number of tetrazole rings is 1. The Bertz CT molecular complexity index is 698. The summed E-state index contributed by atoms with van der Waals surface area (Å²) >= 11 is 0. The first-order valence-electron chi connectivity index (χ1n) is 8.22. The van der Waals surface area contributed by atoms with E-state index in [-0.39, 0.29) is 17.7 Å². The van der Waals surface area contributed by atoms with Crippen LogP contribution in [0.2, 0.25) is 0 Å². The van der Waals surface area contributed by atoms with Gasteiger partial charge in [0.2, 0.25) is 5.91 Å². The van der Waals surface area contributed by atoms with Gasteiger partial charge in [-0.3, -0.25) is 4.79 Å². The van der Waals surface area contributed by atoms with E-state index in [1.165, 1.54) is 6.33 Å². The molecule has 1 aromatic heterocycles. The van der Waals surface area contributed by atoms with Gasteiger partial charge in [-0.1, -0.05) is 32.9 Å². The molecule has 1 N–H and O–H groups in total. The van der Waals surface area contributed by atoms with Crippen molar-refractivity contribution in [1.82, 2.24) is 25.1 Å². The molecular weight excluding hydrogens is 306 g/mol. The predicted octanol–water partition coefficient (Wildman–Crippen LogP) is 1.07. The molecule has 7 nitrogen and oxygen atoms in total. The predicted molar refractivity (Wildman–Crippen MR) is 88.4 cm³/mol. The first-order valence-corrected chi connectivity index (χ1v) is 8.22. The largest absolute Gasteiger partial charge is 0.387 e. The van der Waals surface area contributed by atoms with Gasteiger partial charge >= 0.3 is 0 Å². The molecule has 1 aliphatic heterocycles. The Balaban J connectivity index is 1.65. The summed E-state index contributed by atoms with van der Waals surface area (Å²) in [4.78, 5) is 14.3. The lowest BCUT2D eigenvalue weighted by Gasteiger charge is -2.31. The molecule has 0 aliphatic carbocycles. The van der Waals surface area contributed by atoms with Gasteiger partial charge in [-0.25, -0.2) is 4.68 Å². The van der Waals surface area contributed by atoms with Crippen LogP contribution in [0.5, 0.6) is 0 Å². The maximum atomic E-state index is 12.6. The zero-order chi connectivity index (χ0) is 17.3. The van der Waals surface area contributed by atoms with Gasteiger partial charge in [0.1, 0.15) is 6.33 Å². The smallest absolute Gasteiger partial charge is 0.227 e. The minimum Gasteiger partial charge on any atom is -0.387 e. The first kappa shape index (κ1) is 16.6. The van der Waals surface area contributed by atoms with Gasteiger partial charge < -0.3 is 10.0 Å². The van der Waals surface area contributed by atoms with Crippen LogP contribution in [-0.2, 0) is 11.2 Å². The lowest BCUT2D eigenvalue weighted by atomic mass is 9.82. The minimum absolute atomic E-state index is 0.0496. The van der Waals surface area contributed by atoms with Gasteiger partial charge in [-0.15, -0.1) is 5.10 Å². The van der Waals surface area contributed by atoms with Crippen molar-refractivity contribution in [3.8, 4) is 5.69 Å². The molecule has 1 amide bonds. The molecule has 0 spiro atoms. The SMILES string of the molecule is CC(C)[C@@]1(O)CN(C(=O)Cc2ccc(-n3cnnn3)cc2)C[C@@H]1C. The number of aliphatic hydroxyl groups is 1. The van der Waals surface area contributed by atoms with Crippen molar-refractivity contribution in [3.63, 3.8) is 0 Å². The van der Waals surface area contributed by atoms with Gasteiger partial charge in [0.15, 0.2) is 0 Å². The van der Waals surface area contributed by atoms with Crippen LogP contribution in [0.25, 0.3) is 5.69 Å². The van der Waals surface area contributed by atoms with Crippen LogP contribution in [0.3, 0.4) is 0 Å². The Morgan fingerprint density at radius 2 is 2.08 bits per heavy atom. The number of rotatable bonds is 4. The van der Waals surface area contributed by atoms with Crippen LogP contribution in [0.4, 0.5) is 0 Å². The molecular formula is C17H23N5O2. The highest BCUT2D eigenvalue weighted by Gasteiger charge is 2.46. The number of hydrogen-bond donors (Lipinski definition) is 1. The van der Waals surface area contributed by atoms with E-state index in [0.717, 1.165) is 11.3 Å². The monoisotopic (exact) mass is 329 g/mol. The zero-order valence-corrected chi connectivity index (χ0v) is 14.3. The fourth-order valence-electron chi connectivity index (χ4n) is 3.29. The number of hydrogen-bond acceptors (Lipinski definition) is 5. The van der Waals surface area contributed by atoms with Crippen molar-refractivity contribution in [3.05, 3.63) is 36.2 Å². The van der Waals surface area contributed by atoms with E-state index in [2.05, 4.69) is 15.5 Å². The van der Waals surface area contributed by atoms with Gasteiger partial charge in [-0.05, 0) is 34.0 Å². The topological polar surface area (TPSA) is 84.1 Å². The van der Waals surface area contributed by atoms with Crippen molar-refractivity contribution in [2.45, 2.75) is 32.8 Å². The standard InChI is InChI=1S/C17H23N5O2/c1-12(2)17(24)10-21(9-13(17)3)16(23)8-14-4-6-15(7-5-14)22-11-18-19-20-22/h4-7,11-13,24H,8-10H2,1-3H3/t13-,17-/m0/s1. The van der Waals surface area contributed by atoms with Crippen molar-refractivity contribution < 1.29 is 9.90 Å². The highest BCUT2D eigenvalue weighted by molar-refractivity contribution is 5.79. The fourth-order valence-corrected chi connectivity index (χ4v) is 3.29. The normalized spacial score (nSPS) is 23.9. The summed E-state index contributed by atoms with van der Waals surface area (Å²) in [6.07, 6.45) is 1.86. The molecule has 3 rings (SSSR count). The molecule has 128 valence electrons. The van der Waals surface area contributed by atoms with Gasteiger partial charge in [0.25, 0.3) is 0 Å². The summed E-state index contributed by atoms with van der Waals surface area (Å²) in [6.45, 7) is 7.03. The highest BCUT2D eigenvalue weighted by atomic mass is 16.3. The van der Waals surface area contributed by atoms with E-state index in [4.69, 9.17) is 0 Å². The summed E-state index contributed by atoms with van der Waals surface area (Å²) in [5.41, 5.74) is 0.990. The van der Waals surface area contributed by atoms with Crippen LogP contribution < -0.4 is 0 Å². The molecule has 1 aliphatic rings. The average molecular weight is 329 g/mol. The van der Waals surface area contributed by atoms with Crippen LogP contribution in [0.1, 0.15) is 26.3 Å². The zero-order valence-electron chi connectivity index (χ0n) is 14.3. The molecule has 0 radical (unpaired) electrons. The molecule has 7 heteroatoms. The highest BCUT2D eigenvalue weighted by Crippen LogP contribution is 2.34. The Kier molecular flexibility index (Phi) is 4.36. The Hall–Kier alpha value is -2.28. The third-order valence-electron chi connectivity index (χ3n) is 5.05. The quantitative estimate of drug-likeness (QED) is 0.907. The molecule has 1 fully saturated rings. The van der Waals surface area contributed by atoms with Crippen LogP contribution in [-0.4, -0.2) is 54.8 Å². The van der Waals surface area contributed by atoms with E-state index in [1.54, 1.807) is 9.58 Å². The van der Waals surface area contributed by atoms with E-state index in [1.807, 2.05) is 45.0 Å². The molecule has 0 bridgehead atoms. The summed E-state index contributed by atoms with van der Waals surface area (Å²) in [7, 11) is 0. The summed E-state index contributed by atoms with van der Waals surface area (Å²) in [5, 5.41) is 21.8. The molecule has 2 heterocycles. The Morgan fingerprint density at radius 1 is 1.38 bits per heavy atom. The summed E-state index contributed by atoms with van der Waals surface area (Å²) in [6, 6.07) is 7.58. The van der Waals surface area contributed by atoms with Gasteiger partial charge in [0.05, 0.1) is 17.7 Å². The molecule has 0 saturated carbocycles. The maximum absolute atomic E-state index is 12.6. The number of aromatic nitrogens is 4. The lowest BCUT2D eigenvalue weighted by molar-refractivity contribution is -0.130. The minimum atomic E-state index is -0.792. The fraction of sp³-hybridized carbons (Fsp3) is 0.529. The van der Waals surface area contributed by atoms with Crippen LogP contribution in [0.15, 0.2) is 30.6 Å². The number of benzene rings is 1. The molecule has 24 heavy (non-hydrogen) atoms. The van der Waals surface area contributed by atoms with Gasteiger partial charge in [-0.2, -0.15) is 0 Å². The summed E-state index contributed by atoms with van der Waals surface area (Å²) in [5.74, 6) is 0.262. The van der Waals surface area contributed by atoms with Gasteiger partial charge in [0, 0.05) is 19.0 Å². The number of nitrogens with zero attached hydrogens (tertiary/aromatic N) is 5. The summed E-state index contributed by atoms with van der Waals surface area (Å²) < 4.78 is 1.57. The Morgan fingerprint density at radius 3 is 2.62 bits per heavy atom. The van der Waals surface area contributed by atoms with Crippen molar-refractivity contribution in [2.75, 3.05) is 13.1 Å². The van der Waals surface area contributed by atoms with E-state index in [9.17, 15) is 9.90 Å². The number of amides is 1. The van der Waals surface area contributed by atoms with Crippen molar-refractivity contribution in [1.29, 1.82) is 0 Å². The number of likely N-dealkylation sites (tertiary alicyclic amines) is 1. The van der Waals surface area contributed by atoms with E-state index in [0.29, 0.717) is 19.5 Å². The average Bonchev–Trinajstić information content (AvgIpc) is 3.18. The number of β-amino-alcohol motifs (C(OH)–C–C–N with tert-alkyl or cyclic N) is 1. The molecule has 2 atom stereocenters. The van der Waals surface area contributed by atoms with Crippen molar-refractivity contribution >= 4 is 5.91 Å². The Labute approximate surface area is 141 Å². The van der Waals surface area contributed by atoms with Crippen molar-refractivity contribution in [2.24, 2.45) is 11.8 Å². The second kappa shape index (κ2) is 6.32. The first-order chi connectivity index (χ1) is 11.4.